The number of carbonyl (C=O) groups excluding carboxylic acids is 1. The summed E-state index contributed by atoms with van der Waals surface area (Å²) in [5.74, 6) is 2.02. The average Bonchev–Trinajstić information content (AvgIpc) is 2.80. The van der Waals surface area contributed by atoms with E-state index in [2.05, 4.69) is 17.2 Å². The fourth-order valence-corrected chi connectivity index (χ4v) is 3.11. The minimum absolute atomic E-state index is 0.0784. The van der Waals surface area contributed by atoms with Crippen LogP contribution in [0.4, 0.5) is 5.69 Å². The molecule has 3 rings (SSSR count). The maximum absolute atomic E-state index is 12.7. The number of nitrogens with zero attached hydrogens (tertiary/aromatic N) is 1. The highest BCUT2D eigenvalue weighted by molar-refractivity contribution is 6.05. The average molecular weight is 435 g/mol. The topological polar surface area (TPSA) is 69.7 Å². The van der Waals surface area contributed by atoms with E-state index in [1.54, 1.807) is 13.2 Å². The molecule has 1 aromatic heterocycles. The molecule has 1 heterocycles. The molecule has 0 radical (unpaired) electrons. The Morgan fingerprint density at radius 1 is 0.969 bits per heavy atom. The van der Waals surface area contributed by atoms with Crippen LogP contribution >= 0.6 is 0 Å². The lowest BCUT2D eigenvalue weighted by molar-refractivity contribution is 0.102. The van der Waals surface area contributed by atoms with E-state index in [1.807, 2.05) is 68.4 Å². The van der Waals surface area contributed by atoms with E-state index in [9.17, 15) is 4.79 Å². The number of nitrogens with one attached hydrogen (secondary N) is 1. The van der Waals surface area contributed by atoms with Crippen molar-refractivity contribution in [2.75, 3.05) is 19.0 Å². The van der Waals surface area contributed by atoms with Gasteiger partial charge in [-0.25, -0.2) is 0 Å². The summed E-state index contributed by atoms with van der Waals surface area (Å²) in [7, 11) is 1.68. The van der Waals surface area contributed by atoms with Gasteiger partial charge in [0.1, 0.15) is 17.2 Å². The molecule has 0 spiro atoms. The van der Waals surface area contributed by atoms with Gasteiger partial charge in [-0.05, 0) is 80.9 Å². The van der Waals surface area contributed by atoms with E-state index in [4.69, 9.17) is 14.2 Å². The molecular weight excluding hydrogens is 404 g/mol. The van der Waals surface area contributed by atoms with Crippen molar-refractivity contribution in [1.82, 2.24) is 4.98 Å². The van der Waals surface area contributed by atoms with Crippen molar-refractivity contribution in [3.8, 4) is 17.2 Å². The van der Waals surface area contributed by atoms with E-state index >= 15 is 0 Å². The van der Waals surface area contributed by atoms with Gasteiger partial charge in [0.25, 0.3) is 5.91 Å². The molecule has 0 aliphatic rings. The van der Waals surface area contributed by atoms with Gasteiger partial charge in [-0.3, -0.25) is 9.78 Å². The molecule has 168 valence electrons. The predicted molar refractivity (Wildman–Crippen MR) is 126 cm³/mol. The van der Waals surface area contributed by atoms with Gasteiger partial charge < -0.3 is 19.5 Å². The standard InChI is InChI=1S/C26H30N2O4/c1-5-16-31-22-11-13-24(14-12-22)32-23-9-6-20(7-10-23)28-26(29)25-15-8-21(27-19(25)3)17-18(2)30-4/h6-15,18H,5,16-17H2,1-4H3,(H,28,29). The lowest BCUT2D eigenvalue weighted by Gasteiger charge is -2.12. The molecule has 2 aromatic carbocycles. The van der Waals surface area contributed by atoms with Crippen molar-refractivity contribution in [2.24, 2.45) is 0 Å². The largest absolute Gasteiger partial charge is 0.494 e. The smallest absolute Gasteiger partial charge is 0.257 e. The zero-order valence-electron chi connectivity index (χ0n) is 19.1. The molecule has 0 saturated carbocycles. The second-order valence-corrected chi connectivity index (χ2v) is 7.59. The lowest BCUT2D eigenvalue weighted by atomic mass is 10.1. The van der Waals surface area contributed by atoms with Crippen LogP contribution in [0.15, 0.2) is 60.7 Å². The molecule has 32 heavy (non-hydrogen) atoms. The minimum Gasteiger partial charge on any atom is -0.494 e. The molecule has 0 aliphatic heterocycles. The van der Waals surface area contributed by atoms with Crippen molar-refractivity contribution in [2.45, 2.75) is 39.7 Å². The first kappa shape index (κ1) is 23.3. The predicted octanol–water partition coefficient (Wildman–Crippen LogP) is 5.80. The van der Waals surface area contributed by atoms with Crippen LogP contribution in [0.1, 0.15) is 42.0 Å². The maximum atomic E-state index is 12.7. The van der Waals surface area contributed by atoms with E-state index < -0.39 is 0 Å². The van der Waals surface area contributed by atoms with Gasteiger partial charge in [-0.1, -0.05) is 6.92 Å². The molecule has 6 heteroatoms. The Morgan fingerprint density at radius 2 is 1.59 bits per heavy atom. The number of aromatic nitrogens is 1. The van der Waals surface area contributed by atoms with Crippen LogP contribution in [0.5, 0.6) is 17.2 Å². The highest BCUT2D eigenvalue weighted by Gasteiger charge is 2.12. The molecule has 1 unspecified atom stereocenters. The van der Waals surface area contributed by atoms with E-state index in [1.165, 1.54) is 0 Å². The van der Waals surface area contributed by atoms with Crippen molar-refractivity contribution in [3.63, 3.8) is 0 Å². The first-order valence-electron chi connectivity index (χ1n) is 10.8. The molecular formula is C26H30N2O4. The Morgan fingerprint density at radius 3 is 2.19 bits per heavy atom. The number of benzene rings is 2. The second kappa shape index (κ2) is 11.3. The lowest BCUT2D eigenvalue weighted by Crippen LogP contribution is -2.16. The van der Waals surface area contributed by atoms with Crippen molar-refractivity contribution in [3.05, 3.63) is 77.6 Å². The summed E-state index contributed by atoms with van der Waals surface area (Å²) in [6.07, 6.45) is 1.75. The minimum atomic E-state index is -0.197. The number of pyridine rings is 1. The number of ether oxygens (including phenoxy) is 3. The van der Waals surface area contributed by atoms with Crippen LogP contribution in [0.2, 0.25) is 0 Å². The molecule has 3 aromatic rings. The highest BCUT2D eigenvalue weighted by Crippen LogP contribution is 2.25. The van der Waals surface area contributed by atoms with Gasteiger partial charge >= 0.3 is 0 Å². The summed E-state index contributed by atoms with van der Waals surface area (Å²) in [5, 5.41) is 2.91. The SMILES string of the molecule is CCCOc1ccc(Oc2ccc(NC(=O)c3ccc(CC(C)OC)nc3C)cc2)cc1. The van der Waals surface area contributed by atoms with Gasteiger partial charge in [0.15, 0.2) is 0 Å². The molecule has 0 fully saturated rings. The maximum Gasteiger partial charge on any atom is 0.257 e. The van der Waals surface area contributed by atoms with Gasteiger partial charge in [0.2, 0.25) is 0 Å². The van der Waals surface area contributed by atoms with Crippen molar-refractivity contribution in [1.29, 1.82) is 0 Å². The summed E-state index contributed by atoms with van der Waals surface area (Å²) >= 11 is 0. The number of methoxy groups -OCH3 is 1. The Bertz CT molecular complexity index is 1020. The zero-order valence-corrected chi connectivity index (χ0v) is 19.1. The van der Waals surface area contributed by atoms with Crippen molar-refractivity contribution >= 4 is 11.6 Å². The summed E-state index contributed by atoms with van der Waals surface area (Å²) in [6.45, 7) is 6.59. The third-order valence-corrected chi connectivity index (χ3v) is 4.93. The number of rotatable bonds is 10. The number of amides is 1. The van der Waals surface area contributed by atoms with E-state index in [0.29, 0.717) is 35.7 Å². The fourth-order valence-electron chi connectivity index (χ4n) is 3.11. The molecule has 6 nitrogen and oxygen atoms in total. The summed E-state index contributed by atoms with van der Waals surface area (Å²) in [4.78, 5) is 17.2. The number of aryl methyl sites for hydroxylation is 1. The van der Waals surface area contributed by atoms with Gasteiger partial charge in [0, 0.05) is 24.9 Å². The van der Waals surface area contributed by atoms with Crippen LogP contribution < -0.4 is 14.8 Å². The van der Waals surface area contributed by atoms with Crippen LogP contribution in [-0.4, -0.2) is 30.7 Å². The monoisotopic (exact) mass is 434 g/mol. The third-order valence-electron chi connectivity index (χ3n) is 4.93. The van der Waals surface area contributed by atoms with Crippen LogP contribution in [0.25, 0.3) is 0 Å². The Hall–Kier alpha value is -3.38. The number of carbonyl (C=O) groups is 1. The van der Waals surface area contributed by atoms with Crippen LogP contribution in [-0.2, 0) is 11.2 Å². The summed E-state index contributed by atoms with van der Waals surface area (Å²) in [6, 6.07) is 18.4. The van der Waals surface area contributed by atoms with Crippen molar-refractivity contribution < 1.29 is 19.0 Å². The molecule has 1 N–H and O–H groups in total. The Kier molecular flexibility index (Phi) is 8.22. The second-order valence-electron chi connectivity index (χ2n) is 7.59. The van der Waals surface area contributed by atoms with Crippen LogP contribution in [0.3, 0.4) is 0 Å². The Labute approximate surface area is 189 Å². The summed E-state index contributed by atoms with van der Waals surface area (Å²) in [5.41, 5.74) is 2.82. The molecule has 0 saturated heterocycles. The summed E-state index contributed by atoms with van der Waals surface area (Å²) < 4.78 is 16.7. The van der Waals surface area contributed by atoms with E-state index in [-0.39, 0.29) is 12.0 Å². The number of hydrogen-bond acceptors (Lipinski definition) is 5. The normalized spacial score (nSPS) is 11.6. The third kappa shape index (κ3) is 6.56. The van der Waals surface area contributed by atoms with Crippen LogP contribution in [0, 0.1) is 6.92 Å². The molecule has 1 amide bonds. The molecule has 0 bridgehead atoms. The first-order valence-corrected chi connectivity index (χ1v) is 10.8. The van der Waals surface area contributed by atoms with Gasteiger partial charge in [-0.15, -0.1) is 0 Å². The molecule has 1 atom stereocenters. The highest BCUT2D eigenvalue weighted by atomic mass is 16.5. The van der Waals surface area contributed by atoms with E-state index in [0.717, 1.165) is 23.6 Å². The quantitative estimate of drug-likeness (QED) is 0.437. The van der Waals surface area contributed by atoms with Gasteiger partial charge in [0.05, 0.1) is 24.0 Å². The van der Waals surface area contributed by atoms with Gasteiger partial charge in [-0.2, -0.15) is 0 Å². The zero-order chi connectivity index (χ0) is 22.9. The number of hydrogen-bond donors (Lipinski definition) is 1. The first-order chi connectivity index (χ1) is 15.5. The Balaban J connectivity index is 1.58. The fraction of sp³-hybridized carbons (Fsp3) is 0.308. The number of anilines is 1. The molecule has 0 aliphatic carbocycles.